The first-order valence-corrected chi connectivity index (χ1v) is 4.70. The van der Waals surface area contributed by atoms with E-state index in [9.17, 15) is 5.11 Å². The topological polar surface area (TPSA) is 56.4 Å². The summed E-state index contributed by atoms with van der Waals surface area (Å²) in [5.41, 5.74) is 0.848. The highest BCUT2D eigenvalue weighted by Gasteiger charge is 2.11. The highest BCUT2D eigenvalue weighted by atomic mass is 16.3. The Balaban J connectivity index is 5.43. The fraction of sp³-hybridized carbons (Fsp3) is 0.333. The maximum Gasteiger partial charge on any atom is 0.138 e. The molecule has 0 aromatic rings. The SMILES string of the molecule is C=N/C=C(\C=C/C)C(/O)=C(/C#N)C(C)C. The highest BCUT2D eigenvalue weighted by Crippen LogP contribution is 2.19. The first-order chi connectivity index (χ1) is 7.08. The predicted molar refractivity (Wildman–Crippen MR) is 62.6 cm³/mol. The average molecular weight is 204 g/mol. The zero-order chi connectivity index (χ0) is 11.8. The number of hydrogen-bond donors (Lipinski definition) is 1. The molecule has 0 amide bonds. The first-order valence-electron chi connectivity index (χ1n) is 4.70. The number of nitriles is 1. The molecule has 0 aromatic heterocycles. The fourth-order valence-electron chi connectivity index (χ4n) is 1.07. The molecule has 80 valence electrons. The smallest absolute Gasteiger partial charge is 0.138 e. The van der Waals surface area contributed by atoms with Gasteiger partial charge < -0.3 is 5.11 Å². The van der Waals surface area contributed by atoms with E-state index in [1.807, 2.05) is 26.8 Å². The van der Waals surface area contributed by atoms with Crippen LogP contribution in [-0.2, 0) is 0 Å². The van der Waals surface area contributed by atoms with Crippen LogP contribution in [0.1, 0.15) is 20.8 Å². The number of aliphatic hydroxyl groups excluding tert-OH is 1. The monoisotopic (exact) mass is 204 g/mol. The molecule has 3 heteroatoms. The van der Waals surface area contributed by atoms with Crippen molar-refractivity contribution in [2.24, 2.45) is 10.9 Å². The third kappa shape index (κ3) is 3.82. The Morgan fingerprint density at radius 1 is 1.53 bits per heavy atom. The minimum atomic E-state index is -0.0296. The maximum atomic E-state index is 9.85. The van der Waals surface area contributed by atoms with Crippen molar-refractivity contribution >= 4 is 6.72 Å². The van der Waals surface area contributed by atoms with E-state index in [4.69, 9.17) is 5.26 Å². The Labute approximate surface area is 90.8 Å². The van der Waals surface area contributed by atoms with Crippen molar-refractivity contribution in [2.45, 2.75) is 20.8 Å². The molecule has 3 nitrogen and oxygen atoms in total. The summed E-state index contributed by atoms with van der Waals surface area (Å²) >= 11 is 0. The third-order valence-corrected chi connectivity index (χ3v) is 1.80. The van der Waals surface area contributed by atoms with Gasteiger partial charge in [0.05, 0.1) is 11.6 Å². The second-order valence-electron chi connectivity index (χ2n) is 3.30. The lowest BCUT2D eigenvalue weighted by Crippen LogP contribution is -1.99. The van der Waals surface area contributed by atoms with E-state index >= 15 is 0 Å². The first kappa shape index (κ1) is 13.2. The zero-order valence-electron chi connectivity index (χ0n) is 9.36. The molecule has 0 saturated carbocycles. The van der Waals surface area contributed by atoms with Gasteiger partial charge in [-0.2, -0.15) is 5.26 Å². The number of aliphatic hydroxyl groups is 1. The minimum absolute atomic E-state index is 0.0199. The Bertz CT molecular complexity index is 354. The van der Waals surface area contributed by atoms with E-state index in [0.717, 1.165) is 0 Å². The summed E-state index contributed by atoms with van der Waals surface area (Å²) in [6, 6.07) is 1.99. The summed E-state index contributed by atoms with van der Waals surface area (Å²) in [6.45, 7) is 8.84. The van der Waals surface area contributed by atoms with E-state index < -0.39 is 0 Å². The second-order valence-corrected chi connectivity index (χ2v) is 3.30. The summed E-state index contributed by atoms with van der Waals surface area (Å²) in [6.07, 6.45) is 4.88. The molecule has 15 heavy (non-hydrogen) atoms. The summed E-state index contributed by atoms with van der Waals surface area (Å²) in [4.78, 5) is 3.58. The number of hydrogen-bond acceptors (Lipinski definition) is 3. The van der Waals surface area contributed by atoms with Gasteiger partial charge in [0.15, 0.2) is 0 Å². The van der Waals surface area contributed by atoms with Crippen LogP contribution in [0.4, 0.5) is 0 Å². The van der Waals surface area contributed by atoms with Crippen molar-refractivity contribution in [1.29, 1.82) is 5.26 Å². The van der Waals surface area contributed by atoms with Crippen molar-refractivity contribution in [3.05, 3.63) is 35.3 Å². The van der Waals surface area contributed by atoms with Crippen molar-refractivity contribution < 1.29 is 5.11 Å². The molecule has 0 saturated heterocycles. The number of rotatable bonds is 4. The number of aliphatic imine (C=N–C) groups is 1. The quantitative estimate of drug-likeness (QED) is 0.331. The van der Waals surface area contributed by atoms with Gasteiger partial charge >= 0.3 is 0 Å². The molecular weight excluding hydrogens is 188 g/mol. The Morgan fingerprint density at radius 3 is 2.47 bits per heavy atom. The van der Waals surface area contributed by atoms with E-state index in [1.54, 1.807) is 12.2 Å². The van der Waals surface area contributed by atoms with E-state index in [1.165, 1.54) is 6.20 Å². The molecule has 0 radical (unpaired) electrons. The second kappa shape index (κ2) is 6.61. The van der Waals surface area contributed by atoms with Gasteiger partial charge in [-0.15, -0.1) is 0 Å². The van der Waals surface area contributed by atoms with Crippen LogP contribution in [0.2, 0.25) is 0 Å². The molecule has 0 aromatic carbocycles. The number of allylic oxidation sites excluding steroid dienone is 3. The maximum absolute atomic E-state index is 9.85. The van der Waals surface area contributed by atoms with Crippen molar-refractivity contribution in [3.8, 4) is 6.07 Å². The largest absolute Gasteiger partial charge is 0.506 e. The van der Waals surface area contributed by atoms with Gasteiger partial charge in [0.1, 0.15) is 5.76 Å². The summed E-state index contributed by atoms with van der Waals surface area (Å²) in [5, 5.41) is 18.7. The molecular formula is C12H16N2O. The van der Waals surface area contributed by atoms with Crippen molar-refractivity contribution in [3.63, 3.8) is 0 Å². The van der Waals surface area contributed by atoms with Crippen molar-refractivity contribution in [2.75, 3.05) is 0 Å². The van der Waals surface area contributed by atoms with Gasteiger partial charge in [-0.3, -0.25) is 4.99 Å². The lowest BCUT2D eigenvalue weighted by molar-refractivity contribution is 0.414. The Morgan fingerprint density at radius 2 is 2.13 bits per heavy atom. The van der Waals surface area contributed by atoms with Gasteiger partial charge in [0, 0.05) is 11.8 Å². The lowest BCUT2D eigenvalue weighted by atomic mass is 10.00. The molecule has 0 fully saturated rings. The van der Waals surface area contributed by atoms with Gasteiger partial charge in [-0.25, -0.2) is 0 Å². The van der Waals surface area contributed by atoms with Crippen LogP contribution in [0.5, 0.6) is 0 Å². The molecule has 0 unspecified atom stereocenters. The molecule has 0 rings (SSSR count). The molecule has 1 N–H and O–H groups in total. The van der Waals surface area contributed by atoms with Gasteiger partial charge in [0.25, 0.3) is 0 Å². The molecule has 0 bridgehead atoms. The normalized spacial score (nSPS) is 13.9. The standard InChI is InChI=1S/C12H16N2O/c1-5-6-10(8-14-4)12(15)11(7-13)9(2)3/h5-6,8-9,15H,4H2,1-3H3/b6-5-,10-8+,12-11+. The predicted octanol–water partition coefficient (Wildman–Crippen LogP) is 3.14. The summed E-state index contributed by atoms with van der Waals surface area (Å²) in [7, 11) is 0. The van der Waals surface area contributed by atoms with E-state index in [-0.39, 0.29) is 11.7 Å². The van der Waals surface area contributed by atoms with E-state index in [2.05, 4.69) is 11.7 Å². The molecule has 0 atom stereocenters. The van der Waals surface area contributed by atoms with E-state index in [0.29, 0.717) is 11.1 Å². The van der Waals surface area contributed by atoms with Gasteiger partial charge in [-0.05, 0) is 19.6 Å². The third-order valence-electron chi connectivity index (χ3n) is 1.80. The highest BCUT2D eigenvalue weighted by molar-refractivity contribution is 5.44. The fourth-order valence-corrected chi connectivity index (χ4v) is 1.07. The van der Waals surface area contributed by atoms with Crippen LogP contribution in [0.25, 0.3) is 0 Å². The Kier molecular flexibility index (Phi) is 5.81. The van der Waals surface area contributed by atoms with Crippen LogP contribution in [0, 0.1) is 17.2 Å². The summed E-state index contributed by atoms with van der Waals surface area (Å²) in [5.74, 6) is -0.0496. The molecule has 0 spiro atoms. The van der Waals surface area contributed by atoms with Crippen LogP contribution >= 0.6 is 0 Å². The van der Waals surface area contributed by atoms with Crippen molar-refractivity contribution in [1.82, 2.24) is 0 Å². The molecule has 0 aliphatic carbocycles. The Hall–Kier alpha value is -1.82. The minimum Gasteiger partial charge on any atom is -0.506 e. The zero-order valence-corrected chi connectivity index (χ0v) is 9.36. The average Bonchev–Trinajstić information content (AvgIpc) is 2.17. The van der Waals surface area contributed by atoms with Crippen LogP contribution in [-0.4, -0.2) is 11.8 Å². The molecule has 0 heterocycles. The van der Waals surface area contributed by atoms with Gasteiger partial charge in [0.2, 0.25) is 0 Å². The van der Waals surface area contributed by atoms with Gasteiger partial charge in [-0.1, -0.05) is 26.0 Å². The van der Waals surface area contributed by atoms with Crippen LogP contribution in [0.3, 0.4) is 0 Å². The molecule has 0 aliphatic rings. The molecule has 0 aliphatic heterocycles. The number of nitrogens with zero attached hydrogens (tertiary/aromatic N) is 2. The summed E-state index contributed by atoms with van der Waals surface area (Å²) < 4.78 is 0. The van der Waals surface area contributed by atoms with Crippen LogP contribution in [0.15, 0.2) is 40.2 Å². The lowest BCUT2D eigenvalue weighted by Gasteiger charge is -2.07. The van der Waals surface area contributed by atoms with Crippen LogP contribution < -0.4 is 0 Å².